The van der Waals surface area contributed by atoms with E-state index < -0.39 is 5.97 Å². The summed E-state index contributed by atoms with van der Waals surface area (Å²) in [6.45, 7) is 4.77. The minimum atomic E-state index is -0.460. The van der Waals surface area contributed by atoms with Crippen molar-refractivity contribution in [1.82, 2.24) is 5.32 Å². The summed E-state index contributed by atoms with van der Waals surface area (Å²) < 4.78 is 4.68. The topological polar surface area (TPSA) is 67.4 Å². The minimum absolute atomic E-state index is 0.128. The van der Waals surface area contributed by atoms with Gasteiger partial charge in [-0.3, -0.25) is 4.79 Å². The van der Waals surface area contributed by atoms with Crippen LogP contribution in [0.1, 0.15) is 37.0 Å². The Morgan fingerprint density at radius 1 is 1.30 bits per heavy atom. The number of carbonyl (C=O) groups is 2. The second-order valence-electron chi connectivity index (χ2n) is 4.60. The Morgan fingerprint density at radius 2 is 2.00 bits per heavy atom. The monoisotopic (exact) mass is 278 g/mol. The zero-order chi connectivity index (χ0) is 15.0. The van der Waals surface area contributed by atoms with Gasteiger partial charge in [0.1, 0.15) is 0 Å². The molecule has 0 aromatic heterocycles. The summed E-state index contributed by atoms with van der Waals surface area (Å²) >= 11 is 0. The first-order valence-electron chi connectivity index (χ1n) is 6.79. The van der Waals surface area contributed by atoms with Gasteiger partial charge in [-0.05, 0) is 25.5 Å². The number of para-hydroxylation sites is 1. The van der Waals surface area contributed by atoms with Gasteiger partial charge in [0, 0.05) is 19.0 Å². The van der Waals surface area contributed by atoms with Crippen LogP contribution in [0, 0.1) is 0 Å². The zero-order valence-electron chi connectivity index (χ0n) is 12.2. The lowest BCUT2D eigenvalue weighted by Crippen LogP contribution is -2.29. The highest BCUT2D eigenvalue weighted by molar-refractivity contribution is 6.01. The van der Waals surface area contributed by atoms with Crippen molar-refractivity contribution >= 4 is 17.6 Å². The van der Waals surface area contributed by atoms with Crippen molar-refractivity contribution in [1.29, 1.82) is 0 Å². The van der Waals surface area contributed by atoms with E-state index in [1.54, 1.807) is 24.3 Å². The average Bonchev–Trinajstić information content (AvgIpc) is 2.46. The molecule has 1 aromatic carbocycles. The summed E-state index contributed by atoms with van der Waals surface area (Å²) in [5, 5.41) is 5.98. The molecule has 1 rings (SSSR count). The Balaban J connectivity index is 2.56. The van der Waals surface area contributed by atoms with Gasteiger partial charge in [-0.1, -0.05) is 19.1 Å². The van der Waals surface area contributed by atoms with Crippen molar-refractivity contribution in [2.24, 2.45) is 0 Å². The highest BCUT2D eigenvalue weighted by atomic mass is 16.5. The van der Waals surface area contributed by atoms with E-state index in [1.165, 1.54) is 7.11 Å². The van der Waals surface area contributed by atoms with Crippen LogP contribution in [0.15, 0.2) is 24.3 Å². The Hall–Kier alpha value is -1.88. The maximum Gasteiger partial charge on any atom is 0.339 e. The molecule has 0 aliphatic carbocycles. The fourth-order valence-corrected chi connectivity index (χ4v) is 1.67. The third kappa shape index (κ3) is 5.01. The molecule has 0 spiro atoms. The number of amides is 1. The molecule has 110 valence electrons. The van der Waals surface area contributed by atoms with E-state index in [-0.39, 0.29) is 5.91 Å². The number of ether oxygens (including phenoxy) is 1. The van der Waals surface area contributed by atoms with Gasteiger partial charge < -0.3 is 15.4 Å². The van der Waals surface area contributed by atoms with E-state index >= 15 is 0 Å². The standard InChI is InChI=1S/C15H22N2O3/c1-4-11(2)16-10-9-14(18)17-13-8-6-5-7-12(13)15(19)20-3/h5-8,11,16H,4,9-10H2,1-3H3,(H,17,18). The SMILES string of the molecule is CCC(C)NCCC(=O)Nc1ccccc1C(=O)OC. The molecular formula is C15H22N2O3. The quantitative estimate of drug-likeness (QED) is 0.750. The zero-order valence-corrected chi connectivity index (χ0v) is 12.2. The number of methoxy groups -OCH3 is 1. The van der Waals surface area contributed by atoms with Gasteiger partial charge in [0.2, 0.25) is 5.91 Å². The summed E-state index contributed by atoms with van der Waals surface area (Å²) in [4.78, 5) is 23.4. The molecule has 5 nitrogen and oxygen atoms in total. The van der Waals surface area contributed by atoms with Crippen LogP contribution in [-0.2, 0) is 9.53 Å². The third-order valence-electron chi connectivity index (χ3n) is 3.06. The largest absolute Gasteiger partial charge is 0.465 e. The Labute approximate surface area is 119 Å². The van der Waals surface area contributed by atoms with Gasteiger partial charge in [-0.15, -0.1) is 0 Å². The summed E-state index contributed by atoms with van der Waals surface area (Å²) in [6, 6.07) is 7.20. The Morgan fingerprint density at radius 3 is 2.65 bits per heavy atom. The van der Waals surface area contributed by atoms with E-state index in [0.29, 0.717) is 30.3 Å². The maximum atomic E-state index is 11.8. The second-order valence-corrected chi connectivity index (χ2v) is 4.60. The lowest BCUT2D eigenvalue weighted by Gasteiger charge is -2.12. The van der Waals surface area contributed by atoms with Crippen LogP contribution in [0.25, 0.3) is 0 Å². The van der Waals surface area contributed by atoms with Gasteiger partial charge >= 0.3 is 5.97 Å². The number of anilines is 1. The smallest absolute Gasteiger partial charge is 0.339 e. The van der Waals surface area contributed by atoms with Crippen molar-refractivity contribution in [3.63, 3.8) is 0 Å². The normalized spacial score (nSPS) is 11.8. The molecule has 1 amide bonds. The molecule has 20 heavy (non-hydrogen) atoms. The van der Waals surface area contributed by atoms with Crippen LogP contribution in [0.2, 0.25) is 0 Å². The van der Waals surface area contributed by atoms with Gasteiger partial charge in [0.15, 0.2) is 0 Å². The van der Waals surface area contributed by atoms with E-state index in [9.17, 15) is 9.59 Å². The predicted octanol–water partition coefficient (Wildman–Crippen LogP) is 2.19. The van der Waals surface area contributed by atoms with Crippen molar-refractivity contribution in [3.8, 4) is 0 Å². The van der Waals surface area contributed by atoms with Gasteiger partial charge in [-0.25, -0.2) is 4.79 Å². The van der Waals surface area contributed by atoms with Crippen molar-refractivity contribution in [2.75, 3.05) is 19.0 Å². The molecule has 2 N–H and O–H groups in total. The van der Waals surface area contributed by atoms with Crippen molar-refractivity contribution in [3.05, 3.63) is 29.8 Å². The van der Waals surface area contributed by atoms with Gasteiger partial charge in [-0.2, -0.15) is 0 Å². The second kappa shape index (κ2) is 8.32. The van der Waals surface area contributed by atoms with Crippen LogP contribution < -0.4 is 10.6 Å². The first-order chi connectivity index (χ1) is 9.58. The Bertz CT molecular complexity index is 460. The molecule has 1 atom stereocenters. The molecule has 0 heterocycles. The minimum Gasteiger partial charge on any atom is -0.465 e. The molecule has 0 radical (unpaired) electrons. The van der Waals surface area contributed by atoms with Crippen LogP contribution >= 0.6 is 0 Å². The summed E-state index contributed by atoms with van der Waals surface area (Å²) in [5.74, 6) is -0.587. The molecule has 0 bridgehead atoms. The van der Waals surface area contributed by atoms with Crippen LogP contribution in [0.5, 0.6) is 0 Å². The molecule has 1 unspecified atom stereocenters. The fraction of sp³-hybridized carbons (Fsp3) is 0.467. The third-order valence-corrected chi connectivity index (χ3v) is 3.06. The summed E-state index contributed by atoms with van der Waals surface area (Å²) in [7, 11) is 1.32. The number of carbonyl (C=O) groups excluding carboxylic acids is 2. The number of hydrogen-bond acceptors (Lipinski definition) is 4. The van der Waals surface area contributed by atoms with E-state index in [0.717, 1.165) is 6.42 Å². The van der Waals surface area contributed by atoms with Gasteiger partial charge in [0.25, 0.3) is 0 Å². The number of hydrogen-bond donors (Lipinski definition) is 2. The molecular weight excluding hydrogens is 256 g/mol. The highest BCUT2D eigenvalue weighted by Gasteiger charge is 2.13. The van der Waals surface area contributed by atoms with E-state index in [1.807, 2.05) is 0 Å². The maximum absolute atomic E-state index is 11.8. The number of nitrogens with one attached hydrogen (secondary N) is 2. The van der Waals surface area contributed by atoms with E-state index in [4.69, 9.17) is 0 Å². The lowest BCUT2D eigenvalue weighted by molar-refractivity contribution is -0.116. The summed E-state index contributed by atoms with van der Waals surface area (Å²) in [5.41, 5.74) is 0.839. The van der Waals surface area contributed by atoms with Crippen LogP contribution in [0.4, 0.5) is 5.69 Å². The summed E-state index contributed by atoms with van der Waals surface area (Å²) in [6.07, 6.45) is 1.38. The lowest BCUT2D eigenvalue weighted by atomic mass is 10.1. The molecule has 5 heteroatoms. The molecule has 0 saturated heterocycles. The highest BCUT2D eigenvalue weighted by Crippen LogP contribution is 2.16. The van der Waals surface area contributed by atoms with Crippen LogP contribution in [0.3, 0.4) is 0 Å². The number of esters is 1. The van der Waals surface area contributed by atoms with Gasteiger partial charge in [0.05, 0.1) is 18.4 Å². The fourth-order valence-electron chi connectivity index (χ4n) is 1.67. The van der Waals surface area contributed by atoms with E-state index in [2.05, 4.69) is 29.2 Å². The Kier molecular flexibility index (Phi) is 6.73. The number of benzene rings is 1. The van der Waals surface area contributed by atoms with Crippen molar-refractivity contribution in [2.45, 2.75) is 32.7 Å². The van der Waals surface area contributed by atoms with Crippen molar-refractivity contribution < 1.29 is 14.3 Å². The molecule has 0 saturated carbocycles. The number of rotatable bonds is 7. The average molecular weight is 278 g/mol. The molecule has 0 fully saturated rings. The molecule has 0 aliphatic rings. The molecule has 1 aromatic rings. The molecule has 0 aliphatic heterocycles. The predicted molar refractivity (Wildman–Crippen MR) is 78.8 cm³/mol. The van der Waals surface area contributed by atoms with Crippen LogP contribution in [-0.4, -0.2) is 31.6 Å². The first-order valence-corrected chi connectivity index (χ1v) is 6.79. The first kappa shape index (κ1) is 16.2.